The van der Waals surface area contributed by atoms with Gasteiger partial charge in [0, 0.05) is 5.02 Å². The van der Waals surface area contributed by atoms with Gasteiger partial charge in [-0.05, 0) is 18.2 Å². The molecular weight excluding hydrogens is 280 g/mol. The van der Waals surface area contributed by atoms with E-state index >= 15 is 0 Å². The molecule has 8 heteroatoms. The molecule has 6 nitrogen and oxygen atoms in total. The molecule has 0 aliphatic heterocycles. The third kappa shape index (κ3) is 2.92. The second kappa shape index (κ2) is 4.75. The average molecular weight is 291 g/mol. The molecule has 0 unspecified atom stereocenters. The van der Waals surface area contributed by atoms with Crippen LogP contribution in [0.2, 0.25) is 5.02 Å². The largest absolute Gasteiger partial charge is 0.326 e. The summed E-state index contributed by atoms with van der Waals surface area (Å²) in [5.41, 5.74) is 0.928. The van der Waals surface area contributed by atoms with Crippen LogP contribution in [-0.4, -0.2) is 30.8 Å². The summed E-state index contributed by atoms with van der Waals surface area (Å²) in [6, 6.07) is 4.99. The highest BCUT2D eigenvalue weighted by molar-refractivity contribution is 7.85. The lowest BCUT2D eigenvalue weighted by atomic mass is 10.3. The van der Waals surface area contributed by atoms with Crippen molar-refractivity contribution >= 4 is 32.8 Å². The first-order valence-corrected chi connectivity index (χ1v) is 7.29. The summed E-state index contributed by atoms with van der Waals surface area (Å²) in [7, 11) is -3.50. The van der Waals surface area contributed by atoms with E-state index in [0.717, 1.165) is 6.26 Å². The average Bonchev–Trinajstić information content (AvgIpc) is 2.54. The highest BCUT2D eigenvalue weighted by Crippen LogP contribution is 2.16. The summed E-state index contributed by atoms with van der Waals surface area (Å²) in [5.74, 6) is 0. The van der Waals surface area contributed by atoms with E-state index in [4.69, 9.17) is 11.6 Å². The first-order valence-electron chi connectivity index (χ1n) is 5.09. The summed E-state index contributed by atoms with van der Waals surface area (Å²) in [5, 5.41) is 0.499. The summed E-state index contributed by atoms with van der Waals surface area (Å²) >= 11 is 5.85. The molecule has 0 fully saturated rings. The molecule has 0 saturated heterocycles. The molecule has 0 radical (unpaired) electrons. The first-order chi connectivity index (χ1) is 8.37. The van der Waals surface area contributed by atoms with Crippen LogP contribution in [0, 0.1) is 0 Å². The number of aromatic amines is 1. The number of nitrogens with one attached hydrogen (secondary N) is 1. The van der Waals surface area contributed by atoms with Crippen molar-refractivity contribution in [3.63, 3.8) is 0 Å². The Hall–Kier alpha value is -1.31. The van der Waals surface area contributed by atoms with E-state index in [1.54, 1.807) is 18.2 Å². The van der Waals surface area contributed by atoms with Gasteiger partial charge in [0.1, 0.15) is 0 Å². The van der Waals surface area contributed by atoms with E-state index in [0.29, 0.717) is 16.1 Å². The van der Waals surface area contributed by atoms with Gasteiger partial charge in [0.25, 0.3) is 10.1 Å². The minimum atomic E-state index is -3.50. The fraction of sp³-hybridized carbons (Fsp3) is 0.300. The molecule has 1 aromatic heterocycles. The van der Waals surface area contributed by atoms with E-state index in [1.807, 2.05) is 0 Å². The Kier molecular flexibility index (Phi) is 3.47. The zero-order valence-corrected chi connectivity index (χ0v) is 11.1. The minimum Gasteiger partial charge on any atom is -0.306 e. The van der Waals surface area contributed by atoms with Gasteiger partial charge in [-0.3, -0.25) is 8.75 Å². The number of halogens is 1. The quantitative estimate of drug-likeness (QED) is 0.851. The number of aromatic nitrogens is 2. The first kappa shape index (κ1) is 13.1. The molecule has 0 aliphatic rings. The molecular formula is C10H11ClN2O4S. The normalized spacial score (nSPS) is 12.1. The molecule has 2 rings (SSSR count). The molecule has 1 N–H and O–H groups in total. The predicted octanol–water partition coefficient (Wildman–Crippen LogP) is 0.959. The van der Waals surface area contributed by atoms with Crippen molar-refractivity contribution < 1.29 is 12.6 Å². The van der Waals surface area contributed by atoms with Crippen LogP contribution in [0.25, 0.3) is 11.0 Å². The monoisotopic (exact) mass is 290 g/mol. The van der Waals surface area contributed by atoms with Gasteiger partial charge in [-0.25, -0.2) is 4.79 Å². The van der Waals surface area contributed by atoms with E-state index in [1.165, 1.54) is 4.57 Å². The molecule has 0 atom stereocenters. The minimum absolute atomic E-state index is 0.0990. The van der Waals surface area contributed by atoms with Gasteiger partial charge in [0.2, 0.25) is 0 Å². The molecule has 0 spiro atoms. The molecule has 2 aromatic rings. The Morgan fingerprint density at radius 3 is 2.83 bits per heavy atom. The number of hydrogen-bond donors (Lipinski definition) is 1. The Bertz CT molecular complexity index is 732. The SMILES string of the molecule is CS(=O)(=O)OCCn1c(=O)[nH]c2ccc(Cl)cc21. The maximum atomic E-state index is 11.7. The van der Waals surface area contributed by atoms with Gasteiger partial charge >= 0.3 is 5.69 Å². The van der Waals surface area contributed by atoms with Gasteiger partial charge in [-0.15, -0.1) is 0 Å². The fourth-order valence-electron chi connectivity index (χ4n) is 1.63. The summed E-state index contributed by atoms with van der Waals surface area (Å²) in [6.45, 7) is 0.0322. The fourth-order valence-corrected chi connectivity index (χ4v) is 2.17. The van der Waals surface area contributed by atoms with E-state index < -0.39 is 10.1 Å². The summed E-state index contributed by atoms with van der Waals surface area (Å²) in [4.78, 5) is 14.3. The molecule has 98 valence electrons. The summed E-state index contributed by atoms with van der Waals surface area (Å²) in [6.07, 6.45) is 0.960. The van der Waals surface area contributed by atoms with Crippen molar-refractivity contribution in [3.05, 3.63) is 33.7 Å². The van der Waals surface area contributed by atoms with Gasteiger partial charge in [-0.1, -0.05) is 11.6 Å². The summed E-state index contributed by atoms with van der Waals surface area (Å²) < 4.78 is 27.6. The van der Waals surface area contributed by atoms with Crippen LogP contribution in [0.1, 0.15) is 0 Å². The van der Waals surface area contributed by atoms with Crippen LogP contribution in [-0.2, 0) is 20.8 Å². The van der Waals surface area contributed by atoms with Crippen LogP contribution in [0.3, 0.4) is 0 Å². The number of imidazole rings is 1. The number of benzene rings is 1. The van der Waals surface area contributed by atoms with E-state index in [2.05, 4.69) is 9.17 Å². The van der Waals surface area contributed by atoms with Crippen molar-refractivity contribution in [2.24, 2.45) is 0 Å². The molecule has 0 bridgehead atoms. The highest BCUT2D eigenvalue weighted by Gasteiger charge is 2.08. The zero-order valence-electron chi connectivity index (χ0n) is 9.51. The number of nitrogens with zero attached hydrogens (tertiary/aromatic N) is 1. The third-order valence-electron chi connectivity index (χ3n) is 2.35. The van der Waals surface area contributed by atoms with E-state index in [-0.39, 0.29) is 18.8 Å². The van der Waals surface area contributed by atoms with Crippen molar-refractivity contribution in [2.75, 3.05) is 12.9 Å². The number of H-pyrrole nitrogens is 1. The lowest BCUT2D eigenvalue weighted by Gasteiger charge is -2.03. The van der Waals surface area contributed by atoms with Gasteiger partial charge in [-0.2, -0.15) is 8.42 Å². The lowest BCUT2D eigenvalue weighted by molar-refractivity contribution is 0.304. The molecule has 1 aromatic carbocycles. The van der Waals surface area contributed by atoms with E-state index in [9.17, 15) is 13.2 Å². The second-order valence-electron chi connectivity index (χ2n) is 3.77. The van der Waals surface area contributed by atoms with Gasteiger partial charge in [0.15, 0.2) is 0 Å². The highest BCUT2D eigenvalue weighted by atomic mass is 35.5. The van der Waals surface area contributed by atoms with Crippen LogP contribution >= 0.6 is 11.6 Å². The maximum absolute atomic E-state index is 11.7. The molecule has 0 aliphatic carbocycles. The predicted molar refractivity (Wildman–Crippen MR) is 68.4 cm³/mol. The topological polar surface area (TPSA) is 81.2 Å². The molecule has 0 amide bonds. The maximum Gasteiger partial charge on any atom is 0.326 e. The van der Waals surface area contributed by atoms with Gasteiger partial charge < -0.3 is 4.98 Å². The zero-order chi connectivity index (χ0) is 13.3. The van der Waals surface area contributed by atoms with Crippen LogP contribution in [0.4, 0.5) is 0 Å². The number of rotatable bonds is 4. The standard InChI is InChI=1S/C10H11ClN2O4S/c1-18(15,16)17-5-4-13-9-6-7(11)2-3-8(9)12-10(13)14/h2-3,6H,4-5H2,1H3,(H,12,14). The number of hydrogen-bond acceptors (Lipinski definition) is 4. The molecule has 0 saturated carbocycles. The smallest absolute Gasteiger partial charge is 0.306 e. The Labute approximate surface area is 108 Å². The molecule has 18 heavy (non-hydrogen) atoms. The number of fused-ring (bicyclic) bond motifs is 1. The van der Waals surface area contributed by atoms with Crippen molar-refractivity contribution in [1.82, 2.24) is 9.55 Å². The van der Waals surface area contributed by atoms with Crippen molar-refractivity contribution in [3.8, 4) is 0 Å². The Morgan fingerprint density at radius 1 is 1.44 bits per heavy atom. The second-order valence-corrected chi connectivity index (χ2v) is 5.85. The van der Waals surface area contributed by atoms with Crippen molar-refractivity contribution in [1.29, 1.82) is 0 Å². The van der Waals surface area contributed by atoms with Crippen LogP contribution in [0.5, 0.6) is 0 Å². The third-order valence-corrected chi connectivity index (χ3v) is 3.18. The Balaban J connectivity index is 2.30. The van der Waals surface area contributed by atoms with Gasteiger partial charge in [0.05, 0.1) is 30.4 Å². The lowest BCUT2D eigenvalue weighted by Crippen LogP contribution is -2.20. The molecule has 1 heterocycles. The van der Waals surface area contributed by atoms with Crippen LogP contribution < -0.4 is 5.69 Å². The van der Waals surface area contributed by atoms with Crippen molar-refractivity contribution in [2.45, 2.75) is 6.54 Å². The van der Waals surface area contributed by atoms with Crippen LogP contribution in [0.15, 0.2) is 23.0 Å². The Morgan fingerprint density at radius 2 is 2.17 bits per heavy atom.